The summed E-state index contributed by atoms with van der Waals surface area (Å²) in [6.45, 7) is 3.80. The molecule has 1 aliphatic heterocycles. The van der Waals surface area contributed by atoms with Crippen LogP contribution in [0.15, 0.2) is 60.2 Å². The van der Waals surface area contributed by atoms with Crippen LogP contribution in [0.25, 0.3) is 5.76 Å². The molecule has 3 rings (SSSR count). The minimum atomic E-state index is -0.656. The molecule has 1 heterocycles. The van der Waals surface area contributed by atoms with E-state index in [1.165, 1.54) is 0 Å². The standard InChI is InChI=1S/C25H30N2O4/c1-4-16-31-20-13-8-12-19(17-20)23(28)21-22(18-10-6-5-7-11-18)27(25(30)24(21)29)15-9-14-26(2)3/h5-8,10-13,17,22,28H,4,9,14-16H2,1-3H3/b23-21-. The van der Waals surface area contributed by atoms with Gasteiger partial charge < -0.3 is 19.6 Å². The number of amides is 1. The van der Waals surface area contributed by atoms with Gasteiger partial charge in [0, 0.05) is 12.1 Å². The lowest BCUT2D eigenvalue weighted by Gasteiger charge is -2.26. The number of rotatable bonds is 9. The molecule has 1 unspecified atom stereocenters. The quantitative estimate of drug-likeness (QED) is 0.378. The molecule has 1 N–H and O–H groups in total. The van der Waals surface area contributed by atoms with Crippen LogP contribution in [0.2, 0.25) is 0 Å². The second kappa shape index (κ2) is 10.3. The molecular formula is C25H30N2O4. The van der Waals surface area contributed by atoms with Crippen molar-refractivity contribution >= 4 is 17.4 Å². The van der Waals surface area contributed by atoms with Gasteiger partial charge >= 0.3 is 0 Å². The molecule has 1 amide bonds. The normalized spacial score (nSPS) is 18.1. The molecule has 164 valence electrons. The fourth-order valence-electron chi connectivity index (χ4n) is 3.76. The Bertz CT molecular complexity index is 953. The third-order valence-corrected chi connectivity index (χ3v) is 5.24. The summed E-state index contributed by atoms with van der Waals surface area (Å²) in [6, 6.07) is 15.8. The van der Waals surface area contributed by atoms with E-state index >= 15 is 0 Å². The van der Waals surface area contributed by atoms with E-state index in [4.69, 9.17) is 4.74 Å². The number of hydrogen-bond donors (Lipinski definition) is 1. The van der Waals surface area contributed by atoms with Crippen LogP contribution in [0.1, 0.15) is 36.9 Å². The molecule has 1 atom stereocenters. The topological polar surface area (TPSA) is 70.1 Å². The first kappa shape index (κ1) is 22.6. The van der Waals surface area contributed by atoms with E-state index in [-0.39, 0.29) is 11.3 Å². The smallest absolute Gasteiger partial charge is 0.295 e. The molecule has 2 aromatic rings. The van der Waals surface area contributed by atoms with Crippen molar-refractivity contribution in [3.63, 3.8) is 0 Å². The highest BCUT2D eigenvalue weighted by Gasteiger charge is 2.45. The van der Waals surface area contributed by atoms with E-state index in [9.17, 15) is 14.7 Å². The van der Waals surface area contributed by atoms with Gasteiger partial charge in [0.05, 0.1) is 18.2 Å². The second-order valence-corrected chi connectivity index (χ2v) is 7.94. The Balaban J connectivity index is 2.03. The Morgan fingerprint density at radius 3 is 2.52 bits per heavy atom. The van der Waals surface area contributed by atoms with Gasteiger partial charge in [0.1, 0.15) is 11.5 Å². The molecule has 1 aliphatic rings. The largest absolute Gasteiger partial charge is 0.507 e. The van der Waals surface area contributed by atoms with Gasteiger partial charge in [-0.05, 0) is 51.2 Å². The molecule has 0 aromatic heterocycles. The first-order valence-corrected chi connectivity index (χ1v) is 10.6. The monoisotopic (exact) mass is 422 g/mol. The zero-order valence-electron chi connectivity index (χ0n) is 18.4. The lowest BCUT2D eigenvalue weighted by atomic mass is 9.95. The summed E-state index contributed by atoms with van der Waals surface area (Å²) < 4.78 is 5.66. The summed E-state index contributed by atoms with van der Waals surface area (Å²) in [5, 5.41) is 11.1. The third kappa shape index (κ3) is 5.14. The summed E-state index contributed by atoms with van der Waals surface area (Å²) >= 11 is 0. The maximum atomic E-state index is 13.0. The molecule has 0 aliphatic carbocycles. The molecule has 0 bridgehead atoms. The Morgan fingerprint density at radius 1 is 1.10 bits per heavy atom. The number of likely N-dealkylation sites (tertiary alicyclic amines) is 1. The van der Waals surface area contributed by atoms with Crippen molar-refractivity contribution in [2.24, 2.45) is 0 Å². The van der Waals surface area contributed by atoms with Crippen molar-refractivity contribution in [2.75, 3.05) is 33.8 Å². The Kier molecular flexibility index (Phi) is 7.47. The number of benzene rings is 2. The van der Waals surface area contributed by atoms with Crippen LogP contribution >= 0.6 is 0 Å². The Hall–Kier alpha value is -3.12. The van der Waals surface area contributed by atoms with Crippen molar-refractivity contribution < 1.29 is 19.4 Å². The number of carbonyl (C=O) groups excluding carboxylic acids is 2. The number of ketones is 1. The van der Waals surface area contributed by atoms with Crippen LogP contribution in [-0.4, -0.2) is 60.4 Å². The first-order valence-electron chi connectivity index (χ1n) is 10.6. The third-order valence-electron chi connectivity index (χ3n) is 5.24. The van der Waals surface area contributed by atoms with Gasteiger partial charge in [-0.15, -0.1) is 0 Å². The van der Waals surface area contributed by atoms with Crippen molar-refractivity contribution in [3.8, 4) is 5.75 Å². The fraction of sp³-hybridized carbons (Fsp3) is 0.360. The number of aliphatic hydroxyl groups excluding tert-OH is 1. The second-order valence-electron chi connectivity index (χ2n) is 7.94. The number of nitrogens with zero attached hydrogens (tertiary/aromatic N) is 2. The van der Waals surface area contributed by atoms with Crippen molar-refractivity contribution in [3.05, 3.63) is 71.3 Å². The van der Waals surface area contributed by atoms with E-state index in [0.29, 0.717) is 24.5 Å². The molecule has 31 heavy (non-hydrogen) atoms. The van der Waals surface area contributed by atoms with Gasteiger partial charge in [0.2, 0.25) is 0 Å². The molecule has 0 radical (unpaired) electrons. The van der Waals surface area contributed by atoms with E-state index in [1.54, 1.807) is 29.2 Å². The summed E-state index contributed by atoms with van der Waals surface area (Å²) in [4.78, 5) is 29.5. The SMILES string of the molecule is CCCOc1cccc(/C(O)=C2/C(=O)C(=O)N(CCCN(C)C)C2c2ccccc2)c1. The summed E-state index contributed by atoms with van der Waals surface area (Å²) in [5.74, 6) is -0.796. The van der Waals surface area contributed by atoms with E-state index in [1.807, 2.05) is 56.3 Å². The minimum absolute atomic E-state index is 0.119. The molecule has 1 fully saturated rings. The number of aliphatic hydroxyl groups is 1. The van der Waals surface area contributed by atoms with Crippen molar-refractivity contribution in [1.29, 1.82) is 0 Å². The van der Waals surface area contributed by atoms with Gasteiger partial charge in [-0.25, -0.2) is 0 Å². The molecule has 1 saturated heterocycles. The maximum Gasteiger partial charge on any atom is 0.295 e. The minimum Gasteiger partial charge on any atom is -0.507 e. The highest BCUT2D eigenvalue weighted by molar-refractivity contribution is 6.46. The number of hydrogen-bond acceptors (Lipinski definition) is 5. The highest BCUT2D eigenvalue weighted by Crippen LogP contribution is 2.39. The predicted molar refractivity (Wildman–Crippen MR) is 121 cm³/mol. The van der Waals surface area contributed by atoms with E-state index in [0.717, 1.165) is 24.9 Å². The van der Waals surface area contributed by atoms with Crippen molar-refractivity contribution in [2.45, 2.75) is 25.8 Å². The van der Waals surface area contributed by atoms with E-state index < -0.39 is 17.7 Å². The lowest BCUT2D eigenvalue weighted by Crippen LogP contribution is -2.32. The average molecular weight is 423 g/mol. The van der Waals surface area contributed by atoms with Gasteiger partial charge in [0.25, 0.3) is 11.7 Å². The summed E-state index contributed by atoms with van der Waals surface area (Å²) in [7, 11) is 3.94. The Labute approximate surface area is 183 Å². The van der Waals surface area contributed by atoms with E-state index in [2.05, 4.69) is 0 Å². The van der Waals surface area contributed by atoms with Crippen LogP contribution in [0.5, 0.6) is 5.75 Å². The Morgan fingerprint density at radius 2 is 1.84 bits per heavy atom. The van der Waals surface area contributed by atoms with Crippen LogP contribution in [0.3, 0.4) is 0 Å². The first-order chi connectivity index (χ1) is 14.9. The molecule has 2 aromatic carbocycles. The summed E-state index contributed by atoms with van der Waals surface area (Å²) in [5.41, 5.74) is 1.38. The average Bonchev–Trinajstić information content (AvgIpc) is 3.02. The molecular weight excluding hydrogens is 392 g/mol. The van der Waals surface area contributed by atoms with Crippen LogP contribution in [0, 0.1) is 0 Å². The summed E-state index contributed by atoms with van der Waals surface area (Å²) in [6.07, 6.45) is 1.59. The van der Waals surface area contributed by atoms with Crippen LogP contribution in [0.4, 0.5) is 0 Å². The van der Waals surface area contributed by atoms with Gasteiger partial charge in [-0.1, -0.05) is 49.4 Å². The molecule has 6 nitrogen and oxygen atoms in total. The molecule has 6 heteroatoms. The molecule has 0 saturated carbocycles. The number of Topliss-reactive ketones (excluding diaryl/α,β-unsaturated/α-hetero) is 1. The fourth-order valence-corrected chi connectivity index (χ4v) is 3.76. The molecule has 0 spiro atoms. The zero-order valence-corrected chi connectivity index (χ0v) is 18.4. The predicted octanol–water partition coefficient (Wildman–Crippen LogP) is 3.85. The highest BCUT2D eigenvalue weighted by atomic mass is 16.5. The van der Waals surface area contributed by atoms with Gasteiger partial charge in [-0.3, -0.25) is 9.59 Å². The van der Waals surface area contributed by atoms with Crippen LogP contribution < -0.4 is 4.74 Å². The van der Waals surface area contributed by atoms with Crippen LogP contribution in [-0.2, 0) is 9.59 Å². The number of ether oxygens (including phenoxy) is 1. The van der Waals surface area contributed by atoms with Gasteiger partial charge in [-0.2, -0.15) is 0 Å². The lowest BCUT2D eigenvalue weighted by molar-refractivity contribution is -0.139. The zero-order chi connectivity index (χ0) is 22.4. The maximum absolute atomic E-state index is 13.0. The number of carbonyl (C=O) groups is 2. The van der Waals surface area contributed by atoms with Gasteiger partial charge in [0.15, 0.2) is 0 Å². The van der Waals surface area contributed by atoms with Crippen molar-refractivity contribution in [1.82, 2.24) is 9.80 Å².